The summed E-state index contributed by atoms with van der Waals surface area (Å²) in [6.07, 6.45) is 5.32. The third-order valence-corrected chi connectivity index (χ3v) is 3.89. The molecule has 1 saturated heterocycles. The molecule has 1 aliphatic heterocycles. The summed E-state index contributed by atoms with van der Waals surface area (Å²) in [5, 5.41) is 2.86. The highest BCUT2D eigenvalue weighted by molar-refractivity contribution is 5.92. The van der Waals surface area contributed by atoms with Crippen molar-refractivity contribution in [2.24, 2.45) is 0 Å². The highest BCUT2D eigenvalue weighted by atomic mass is 16.1. The van der Waals surface area contributed by atoms with Crippen LogP contribution in [0.5, 0.6) is 0 Å². The lowest BCUT2D eigenvalue weighted by molar-refractivity contribution is 0.0945. The van der Waals surface area contributed by atoms with Gasteiger partial charge in [-0.1, -0.05) is 6.07 Å². The van der Waals surface area contributed by atoms with E-state index in [0.29, 0.717) is 18.1 Å². The van der Waals surface area contributed by atoms with Crippen molar-refractivity contribution in [2.75, 3.05) is 18.0 Å². The molecular formula is C17H21N5O. The lowest BCUT2D eigenvalue weighted by atomic mass is 10.1. The van der Waals surface area contributed by atoms with Crippen molar-refractivity contribution in [3.63, 3.8) is 0 Å². The minimum absolute atomic E-state index is 0.195. The normalized spacial score (nSPS) is 14.6. The number of rotatable bonds is 4. The number of aryl methyl sites for hydroxylation is 1. The lowest BCUT2D eigenvalue weighted by Gasteiger charge is -2.28. The quantitative estimate of drug-likeness (QED) is 0.936. The Morgan fingerprint density at radius 1 is 1.22 bits per heavy atom. The number of hydrogen-bond acceptors (Lipinski definition) is 5. The average Bonchev–Trinajstić information content (AvgIpc) is 2.61. The maximum atomic E-state index is 12.4. The van der Waals surface area contributed by atoms with E-state index in [0.717, 1.165) is 24.6 Å². The molecule has 1 aliphatic rings. The van der Waals surface area contributed by atoms with Gasteiger partial charge in [-0.2, -0.15) is 0 Å². The second-order valence-electron chi connectivity index (χ2n) is 5.71. The standard InChI is InChI=1S/C17H21N5O/c1-13-20-15(11-16(21-13)22-9-5-2-6-10-22)17(23)19-12-14-7-3-4-8-18-14/h3-4,7-8,11H,2,5-6,9-10,12H2,1H3,(H,19,23). The Morgan fingerprint density at radius 3 is 2.78 bits per heavy atom. The van der Waals surface area contributed by atoms with Gasteiger partial charge in [-0.3, -0.25) is 9.78 Å². The third kappa shape index (κ3) is 4.03. The van der Waals surface area contributed by atoms with E-state index in [1.165, 1.54) is 19.3 Å². The van der Waals surface area contributed by atoms with Crippen molar-refractivity contribution < 1.29 is 4.79 Å². The van der Waals surface area contributed by atoms with Gasteiger partial charge < -0.3 is 10.2 Å². The Morgan fingerprint density at radius 2 is 2.04 bits per heavy atom. The summed E-state index contributed by atoms with van der Waals surface area (Å²) < 4.78 is 0. The Labute approximate surface area is 136 Å². The largest absolute Gasteiger partial charge is 0.356 e. The maximum Gasteiger partial charge on any atom is 0.270 e. The fourth-order valence-corrected chi connectivity index (χ4v) is 2.72. The van der Waals surface area contributed by atoms with Gasteiger partial charge in [-0.05, 0) is 38.3 Å². The number of pyridine rings is 1. The summed E-state index contributed by atoms with van der Waals surface area (Å²) in [5.41, 5.74) is 1.23. The second kappa shape index (κ2) is 7.17. The summed E-state index contributed by atoms with van der Waals surface area (Å²) in [7, 11) is 0. The summed E-state index contributed by atoms with van der Waals surface area (Å²) >= 11 is 0. The molecule has 0 atom stereocenters. The van der Waals surface area contributed by atoms with Gasteiger partial charge in [0.15, 0.2) is 0 Å². The smallest absolute Gasteiger partial charge is 0.270 e. The fraction of sp³-hybridized carbons (Fsp3) is 0.412. The number of anilines is 1. The van der Waals surface area contributed by atoms with E-state index in [9.17, 15) is 4.79 Å². The number of piperidine rings is 1. The van der Waals surface area contributed by atoms with Gasteiger partial charge in [0.05, 0.1) is 12.2 Å². The van der Waals surface area contributed by atoms with Crippen molar-refractivity contribution in [3.05, 3.63) is 47.7 Å². The number of aromatic nitrogens is 3. The SMILES string of the molecule is Cc1nc(C(=O)NCc2ccccn2)cc(N2CCCCC2)n1. The lowest BCUT2D eigenvalue weighted by Crippen LogP contribution is -2.31. The van der Waals surface area contributed by atoms with Crippen molar-refractivity contribution in [3.8, 4) is 0 Å². The minimum atomic E-state index is -0.195. The van der Waals surface area contributed by atoms with Gasteiger partial charge in [-0.15, -0.1) is 0 Å². The minimum Gasteiger partial charge on any atom is -0.356 e. The van der Waals surface area contributed by atoms with Crippen molar-refractivity contribution in [1.82, 2.24) is 20.3 Å². The summed E-state index contributed by atoms with van der Waals surface area (Å²) in [6.45, 7) is 4.20. The zero-order chi connectivity index (χ0) is 16.1. The molecule has 0 aliphatic carbocycles. The summed E-state index contributed by atoms with van der Waals surface area (Å²) in [4.78, 5) is 27.5. The van der Waals surface area contributed by atoms with E-state index in [1.54, 1.807) is 12.3 Å². The third-order valence-electron chi connectivity index (χ3n) is 3.89. The molecule has 0 saturated carbocycles. The molecule has 2 aromatic rings. The number of carbonyl (C=O) groups is 1. The van der Waals surface area contributed by atoms with Gasteiger partial charge in [0.1, 0.15) is 17.3 Å². The Bertz CT molecular complexity index is 668. The highest BCUT2D eigenvalue weighted by Crippen LogP contribution is 2.18. The molecule has 0 unspecified atom stereocenters. The molecule has 2 aromatic heterocycles. The van der Waals surface area contributed by atoms with Gasteiger partial charge in [0.25, 0.3) is 5.91 Å². The van der Waals surface area contributed by atoms with Crippen LogP contribution in [0.15, 0.2) is 30.5 Å². The van der Waals surface area contributed by atoms with Crippen LogP contribution in [0.1, 0.15) is 41.3 Å². The topological polar surface area (TPSA) is 71.0 Å². The molecule has 23 heavy (non-hydrogen) atoms. The first-order valence-corrected chi connectivity index (χ1v) is 8.01. The molecule has 3 rings (SSSR count). The molecule has 120 valence electrons. The van der Waals surface area contributed by atoms with E-state index < -0.39 is 0 Å². The molecule has 0 bridgehead atoms. The zero-order valence-corrected chi connectivity index (χ0v) is 13.3. The molecule has 1 amide bonds. The molecule has 1 N–H and O–H groups in total. The first-order valence-electron chi connectivity index (χ1n) is 8.01. The Kier molecular flexibility index (Phi) is 4.80. The highest BCUT2D eigenvalue weighted by Gasteiger charge is 2.16. The summed E-state index contributed by atoms with van der Waals surface area (Å²) in [5.74, 6) is 1.27. The fourth-order valence-electron chi connectivity index (χ4n) is 2.72. The van der Waals surface area contributed by atoms with E-state index in [2.05, 4.69) is 25.2 Å². The zero-order valence-electron chi connectivity index (χ0n) is 13.3. The van der Waals surface area contributed by atoms with Crippen LogP contribution in [0.4, 0.5) is 5.82 Å². The van der Waals surface area contributed by atoms with Crippen molar-refractivity contribution in [2.45, 2.75) is 32.7 Å². The number of amides is 1. The molecular weight excluding hydrogens is 290 g/mol. The molecule has 0 spiro atoms. The molecule has 6 nitrogen and oxygen atoms in total. The van der Waals surface area contributed by atoms with Gasteiger partial charge in [-0.25, -0.2) is 9.97 Å². The van der Waals surface area contributed by atoms with Crippen LogP contribution in [-0.2, 0) is 6.54 Å². The molecule has 6 heteroatoms. The van der Waals surface area contributed by atoms with Crippen molar-refractivity contribution >= 4 is 11.7 Å². The first-order chi connectivity index (χ1) is 11.2. The Balaban J connectivity index is 1.71. The van der Waals surface area contributed by atoms with Crippen molar-refractivity contribution in [1.29, 1.82) is 0 Å². The molecule has 3 heterocycles. The van der Waals surface area contributed by atoms with Gasteiger partial charge in [0.2, 0.25) is 0 Å². The van der Waals surface area contributed by atoms with Crippen LogP contribution in [-0.4, -0.2) is 33.9 Å². The molecule has 0 aromatic carbocycles. The predicted molar refractivity (Wildman–Crippen MR) is 88.2 cm³/mol. The summed E-state index contributed by atoms with van der Waals surface area (Å²) in [6, 6.07) is 7.42. The predicted octanol–water partition coefficient (Wildman–Crippen LogP) is 2.10. The average molecular weight is 311 g/mol. The van der Waals surface area contributed by atoms with Crippen LogP contribution >= 0.6 is 0 Å². The number of nitrogens with zero attached hydrogens (tertiary/aromatic N) is 4. The monoisotopic (exact) mass is 311 g/mol. The Hall–Kier alpha value is -2.50. The van der Waals surface area contributed by atoms with Crippen LogP contribution in [0.2, 0.25) is 0 Å². The second-order valence-corrected chi connectivity index (χ2v) is 5.71. The van der Waals surface area contributed by atoms with Gasteiger partial charge in [0, 0.05) is 25.4 Å². The number of hydrogen-bond donors (Lipinski definition) is 1. The maximum absolute atomic E-state index is 12.4. The van der Waals surface area contributed by atoms with E-state index in [-0.39, 0.29) is 5.91 Å². The van der Waals surface area contributed by atoms with E-state index >= 15 is 0 Å². The number of carbonyl (C=O) groups excluding carboxylic acids is 1. The first kappa shape index (κ1) is 15.4. The molecule has 1 fully saturated rings. The van der Waals surface area contributed by atoms with Crippen LogP contribution < -0.4 is 10.2 Å². The van der Waals surface area contributed by atoms with Crippen LogP contribution in [0, 0.1) is 6.92 Å². The van der Waals surface area contributed by atoms with Crippen LogP contribution in [0.25, 0.3) is 0 Å². The van der Waals surface area contributed by atoms with Gasteiger partial charge >= 0.3 is 0 Å². The van der Waals surface area contributed by atoms with Crippen LogP contribution in [0.3, 0.4) is 0 Å². The number of nitrogens with one attached hydrogen (secondary N) is 1. The van der Waals surface area contributed by atoms with E-state index in [1.807, 2.05) is 25.1 Å². The molecule has 0 radical (unpaired) electrons. The van der Waals surface area contributed by atoms with E-state index in [4.69, 9.17) is 0 Å².